The number of benzene rings is 2. The Kier molecular flexibility index (Phi) is 9.73. The summed E-state index contributed by atoms with van der Waals surface area (Å²) < 4.78 is 2.56. The minimum Gasteiger partial charge on any atom is -0.383 e. The Morgan fingerprint density at radius 2 is 1.79 bits per heavy atom. The van der Waals surface area contributed by atoms with E-state index in [1.807, 2.05) is 13.1 Å². The highest BCUT2D eigenvalue weighted by Gasteiger charge is 2.26. The Labute approximate surface area is 261 Å². The highest BCUT2D eigenvalue weighted by Crippen LogP contribution is 2.41. The molecule has 0 aliphatic heterocycles. The number of aliphatic hydroxyl groups excluding tert-OH is 1. The first kappa shape index (κ1) is 31.2. The largest absolute Gasteiger partial charge is 0.383 e. The second-order valence-corrected chi connectivity index (χ2v) is 11.2. The number of likely N-dealkylation sites (N-methyl/N-ethyl adjacent to an activating group) is 1. The number of hydrogen-bond acceptors (Lipinski definition) is 5. The molecular weight excluding hydrogens is 645 g/mol. The number of aryl methyl sites for hydroxylation is 1. The van der Waals surface area contributed by atoms with Crippen molar-refractivity contribution in [3.05, 3.63) is 103 Å². The number of nitrogens with zero attached hydrogens (tertiary/aromatic N) is 4. The molecule has 2 N–H and O–H groups in total. The van der Waals surface area contributed by atoms with Crippen LogP contribution >= 0.6 is 39.1 Å². The summed E-state index contributed by atoms with van der Waals surface area (Å²) in [5.74, 6) is -1.03. The zero-order valence-electron chi connectivity index (χ0n) is 23.2. The van der Waals surface area contributed by atoms with Crippen molar-refractivity contribution in [2.24, 2.45) is 0 Å². The van der Waals surface area contributed by atoms with E-state index in [2.05, 4.69) is 26.2 Å². The van der Waals surface area contributed by atoms with E-state index in [9.17, 15) is 19.5 Å². The number of amides is 3. The molecule has 1 unspecified atom stereocenters. The molecule has 2 aromatic carbocycles. The highest BCUT2D eigenvalue weighted by atomic mass is 79.9. The number of rotatable bonds is 8. The average Bonchev–Trinajstić information content (AvgIpc) is 3.27. The minimum atomic E-state index is -1.23. The van der Waals surface area contributed by atoms with Crippen molar-refractivity contribution in [1.82, 2.24) is 19.6 Å². The molecule has 4 rings (SSSR count). The third-order valence-electron chi connectivity index (χ3n) is 6.60. The van der Waals surface area contributed by atoms with E-state index in [1.54, 1.807) is 73.1 Å². The number of nitrogens with one attached hydrogen (secondary N) is 1. The van der Waals surface area contributed by atoms with Crippen LogP contribution in [0.15, 0.2) is 65.4 Å². The molecule has 0 radical (unpaired) electrons. The highest BCUT2D eigenvalue weighted by molar-refractivity contribution is 9.10. The summed E-state index contributed by atoms with van der Waals surface area (Å²) in [4.78, 5) is 44.7. The van der Waals surface area contributed by atoms with E-state index in [-0.39, 0.29) is 28.1 Å². The van der Waals surface area contributed by atoms with Crippen LogP contribution in [0.4, 0.5) is 5.69 Å². The van der Waals surface area contributed by atoms with Gasteiger partial charge in [-0.3, -0.25) is 18.8 Å². The fraction of sp³-hybridized carbons (Fsp3) is 0.200. The van der Waals surface area contributed by atoms with Crippen LogP contribution in [0.25, 0.3) is 11.7 Å². The maximum Gasteiger partial charge on any atom is 0.253 e. The fourth-order valence-electron chi connectivity index (χ4n) is 4.25. The van der Waals surface area contributed by atoms with Crippen molar-refractivity contribution < 1.29 is 19.5 Å². The first-order valence-electron chi connectivity index (χ1n) is 12.7. The summed E-state index contributed by atoms with van der Waals surface area (Å²) in [5.41, 5.74) is 3.56. The van der Waals surface area contributed by atoms with Gasteiger partial charge in [-0.25, -0.2) is 4.98 Å². The number of carbonyl (C=O) groups excluding carboxylic acids is 3. The summed E-state index contributed by atoms with van der Waals surface area (Å²) in [6, 6.07) is 13.4. The molecule has 0 saturated heterocycles. The van der Waals surface area contributed by atoms with Gasteiger partial charge in [0.25, 0.3) is 5.91 Å². The molecule has 218 valence electrons. The third kappa shape index (κ3) is 6.52. The van der Waals surface area contributed by atoms with Crippen LogP contribution in [0.1, 0.15) is 38.8 Å². The molecule has 9 nitrogen and oxygen atoms in total. The SMILES string of the molecule is Cc1nc2c(C(O)c3c(Cl)ccc(N(C)C(=O)CNC(=O)/C=C/c4ccc(C(=O)N(C)C)cc4)c3Cl)cccn2c1Br. The van der Waals surface area contributed by atoms with Crippen LogP contribution in [-0.2, 0) is 9.59 Å². The summed E-state index contributed by atoms with van der Waals surface area (Å²) >= 11 is 16.7. The van der Waals surface area contributed by atoms with Crippen LogP contribution < -0.4 is 10.2 Å². The molecule has 42 heavy (non-hydrogen) atoms. The first-order valence-corrected chi connectivity index (χ1v) is 14.3. The van der Waals surface area contributed by atoms with Gasteiger partial charge in [-0.2, -0.15) is 0 Å². The predicted molar refractivity (Wildman–Crippen MR) is 168 cm³/mol. The van der Waals surface area contributed by atoms with Gasteiger partial charge in [-0.15, -0.1) is 0 Å². The molecule has 0 spiro atoms. The Hall–Kier alpha value is -3.70. The standard InChI is InChI=1S/C30H28BrCl2N5O4/c1-17-28(31)38-15-5-6-20(29(38)35-17)27(41)25-21(32)12-13-22(26(25)33)37(4)24(40)16-34-23(39)14-9-18-7-10-19(11-8-18)30(42)36(2)3/h5-15,27,41H,16H2,1-4H3,(H,34,39)/b14-9+. The monoisotopic (exact) mass is 671 g/mol. The first-order chi connectivity index (χ1) is 19.9. The van der Waals surface area contributed by atoms with Crippen LogP contribution in [0.2, 0.25) is 10.0 Å². The van der Waals surface area contributed by atoms with Gasteiger partial charge in [0, 0.05) is 55.1 Å². The van der Waals surface area contributed by atoms with E-state index < -0.39 is 17.9 Å². The van der Waals surface area contributed by atoms with Gasteiger partial charge in [0.05, 0.1) is 22.9 Å². The number of aromatic nitrogens is 2. The molecule has 12 heteroatoms. The Bertz CT molecular complexity index is 1700. The van der Waals surface area contributed by atoms with Gasteiger partial charge < -0.3 is 20.2 Å². The smallest absolute Gasteiger partial charge is 0.253 e. The van der Waals surface area contributed by atoms with Crippen LogP contribution in [-0.4, -0.2) is 64.8 Å². The van der Waals surface area contributed by atoms with Gasteiger partial charge in [0.1, 0.15) is 16.4 Å². The van der Waals surface area contributed by atoms with Gasteiger partial charge in [0.15, 0.2) is 0 Å². The van der Waals surface area contributed by atoms with Crippen molar-refractivity contribution in [3.8, 4) is 0 Å². The molecule has 4 aromatic rings. The second-order valence-electron chi connectivity index (χ2n) is 9.67. The lowest BCUT2D eigenvalue weighted by Gasteiger charge is -2.23. The van der Waals surface area contributed by atoms with Gasteiger partial charge in [-0.1, -0.05) is 41.4 Å². The number of fused-ring (bicyclic) bond motifs is 1. The predicted octanol–water partition coefficient (Wildman–Crippen LogP) is 5.29. The van der Waals surface area contributed by atoms with Crippen LogP contribution in [0.5, 0.6) is 0 Å². The summed E-state index contributed by atoms with van der Waals surface area (Å²) in [6.07, 6.45) is 3.47. The molecule has 2 aromatic heterocycles. The maximum atomic E-state index is 13.0. The molecule has 1 atom stereocenters. The van der Waals surface area contributed by atoms with E-state index >= 15 is 0 Å². The normalized spacial score (nSPS) is 12.0. The molecule has 0 aliphatic carbocycles. The fourth-order valence-corrected chi connectivity index (χ4v) is 5.33. The zero-order valence-corrected chi connectivity index (χ0v) is 26.3. The van der Waals surface area contributed by atoms with Gasteiger partial charge in [0.2, 0.25) is 11.8 Å². The van der Waals surface area contributed by atoms with Crippen molar-refractivity contribution in [3.63, 3.8) is 0 Å². The lowest BCUT2D eigenvalue weighted by molar-refractivity contribution is -0.122. The minimum absolute atomic E-state index is 0.0950. The second kappa shape index (κ2) is 13.1. The van der Waals surface area contributed by atoms with E-state index in [1.165, 1.54) is 22.9 Å². The number of anilines is 1. The third-order valence-corrected chi connectivity index (χ3v) is 8.28. The van der Waals surface area contributed by atoms with Crippen molar-refractivity contribution in [1.29, 1.82) is 0 Å². The summed E-state index contributed by atoms with van der Waals surface area (Å²) in [5, 5.41) is 14.2. The molecule has 2 heterocycles. The topological polar surface area (TPSA) is 107 Å². The lowest BCUT2D eigenvalue weighted by atomic mass is 10.0. The molecule has 0 fully saturated rings. The van der Waals surface area contributed by atoms with Gasteiger partial charge >= 0.3 is 0 Å². The molecule has 0 saturated carbocycles. The van der Waals surface area contributed by atoms with Crippen molar-refractivity contribution in [2.45, 2.75) is 13.0 Å². The summed E-state index contributed by atoms with van der Waals surface area (Å²) in [7, 11) is 4.86. The van der Waals surface area contributed by atoms with E-state index in [0.29, 0.717) is 22.5 Å². The molecule has 0 aliphatic rings. The number of hydrogen-bond donors (Lipinski definition) is 2. The van der Waals surface area contributed by atoms with Crippen LogP contribution in [0.3, 0.4) is 0 Å². The van der Waals surface area contributed by atoms with E-state index in [0.717, 1.165) is 15.9 Å². The van der Waals surface area contributed by atoms with E-state index in [4.69, 9.17) is 23.2 Å². The number of halogens is 3. The maximum absolute atomic E-state index is 13.0. The Balaban J connectivity index is 1.46. The quantitative estimate of drug-likeness (QED) is 0.248. The Morgan fingerprint density at radius 1 is 1.10 bits per heavy atom. The number of aliphatic hydroxyl groups is 1. The zero-order chi connectivity index (χ0) is 30.7. The lowest BCUT2D eigenvalue weighted by Crippen LogP contribution is -2.37. The van der Waals surface area contributed by atoms with Crippen molar-refractivity contribution in [2.75, 3.05) is 32.6 Å². The van der Waals surface area contributed by atoms with Crippen molar-refractivity contribution >= 4 is 74.3 Å². The van der Waals surface area contributed by atoms with Crippen LogP contribution in [0, 0.1) is 6.92 Å². The number of imidazole rings is 1. The molecule has 0 bridgehead atoms. The average molecular weight is 673 g/mol. The molecule has 3 amide bonds. The van der Waals surface area contributed by atoms with Gasteiger partial charge in [-0.05, 0) is 64.8 Å². The molecular formula is C30H28BrCl2N5O4. The number of carbonyl (C=O) groups is 3. The summed E-state index contributed by atoms with van der Waals surface area (Å²) in [6.45, 7) is 1.54. The number of pyridine rings is 1. The Morgan fingerprint density at radius 3 is 2.45 bits per heavy atom.